The van der Waals surface area contributed by atoms with Gasteiger partial charge in [-0.25, -0.2) is 4.98 Å². The van der Waals surface area contributed by atoms with Gasteiger partial charge in [0.1, 0.15) is 5.03 Å². The number of carbonyl (C=O) groups excluding carboxylic acids is 1. The number of carbonyl (C=O) groups is 1. The van der Waals surface area contributed by atoms with Gasteiger partial charge in [0.2, 0.25) is 0 Å². The molecule has 1 N–H and O–H groups in total. The smallest absolute Gasteiger partial charge is 0.316 e. The normalized spacial score (nSPS) is 10.7. The molecule has 2 aromatic rings. The predicted molar refractivity (Wildman–Crippen MR) is 81.9 cm³/mol. The second kappa shape index (κ2) is 7.26. The third-order valence-electron chi connectivity index (χ3n) is 2.88. The molecule has 0 bridgehead atoms. The molecule has 2 rings (SSSR count). The van der Waals surface area contributed by atoms with Gasteiger partial charge >= 0.3 is 5.97 Å². The summed E-state index contributed by atoms with van der Waals surface area (Å²) in [5.41, 5.74) is 2.06. The van der Waals surface area contributed by atoms with Gasteiger partial charge in [0.15, 0.2) is 0 Å². The van der Waals surface area contributed by atoms with E-state index in [-0.39, 0.29) is 11.7 Å². The van der Waals surface area contributed by atoms with Crippen molar-refractivity contribution >= 4 is 28.6 Å². The maximum atomic E-state index is 11.3. The lowest BCUT2D eigenvalue weighted by atomic mass is 10.1. The van der Waals surface area contributed by atoms with E-state index in [4.69, 9.17) is 0 Å². The average molecular weight is 290 g/mol. The van der Waals surface area contributed by atoms with Gasteiger partial charge in [-0.2, -0.15) is 0 Å². The Balaban J connectivity index is 2.29. The molecule has 4 nitrogen and oxygen atoms in total. The summed E-state index contributed by atoms with van der Waals surface area (Å²) in [6.07, 6.45) is 0. The SMILES string of the molecule is CCNCc1cc2ccccc2nc1SCC(=O)OC. The Morgan fingerprint density at radius 2 is 2.20 bits per heavy atom. The molecule has 0 aliphatic rings. The standard InChI is InChI=1S/C15H18N2O2S/c1-3-16-9-12-8-11-6-4-5-7-13(11)17-15(12)20-10-14(18)19-2/h4-8,16H,3,9-10H2,1-2H3. The van der Waals surface area contributed by atoms with E-state index in [9.17, 15) is 4.79 Å². The number of para-hydroxylation sites is 1. The van der Waals surface area contributed by atoms with Crippen LogP contribution in [0.4, 0.5) is 0 Å². The van der Waals surface area contributed by atoms with Gasteiger partial charge in [-0.15, -0.1) is 0 Å². The maximum Gasteiger partial charge on any atom is 0.316 e. The van der Waals surface area contributed by atoms with Crippen molar-refractivity contribution in [3.63, 3.8) is 0 Å². The molecule has 1 heterocycles. The minimum absolute atomic E-state index is 0.237. The lowest BCUT2D eigenvalue weighted by Gasteiger charge is -2.10. The highest BCUT2D eigenvalue weighted by atomic mass is 32.2. The highest BCUT2D eigenvalue weighted by molar-refractivity contribution is 7.99. The van der Waals surface area contributed by atoms with Gasteiger partial charge in [0.25, 0.3) is 0 Å². The Bertz CT molecular complexity index is 601. The van der Waals surface area contributed by atoms with Crippen molar-refractivity contribution in [1.29, 1.82) is 0 Å². The highest BCUT2D eigenvalue weighted by Gasteiger charge is 2.10. The van der Waals surface area contributed by atoms with E-state index < -0.39 is 0 Å². The van der Waals surface area contributed by atoms with Crippen molar-refractivity contribution in [3.05, 3.63) is 35.9 Å². The molecule has 20 heavy (non-hydrogen) atoms. The molecule has 0 radical (unpaired) electrons. The summed E-state index contributed by atoms with van der Waals surface area (Å²) in [6, 6.07) is 10.1. The van der Waals surface area contributed by atoms with Gasteiger partial charge in [-0.05, 0) is 24.2 Å². The number of pyridine rings is 1. The van der Waals surface area contributed by atoms with Crippen LogP contribution in [0.2, 0.25) is 0 Å². The number of hydrogen-bond acceptors (Lipinski definition) is 5. The third kappa shape index (κ3) is 3.71. The first-order valence-electron chi connectivity index (χ1n) is 6.53. The van der Waals surface area contributed by atoms with Crippen LogP contribution in [0.1, 0.15) is 12.5 Å². The predicted octanol–water partition coefficient (Wildman–Crippen LogP) is 2.61. The molecule has 0 unspecified atom stereocenters. The van der Waals surface area contributed by atoms with Crippen molar-refractivity contribution in [1.82, 2.24) is 10.3 Å². The van der Waals surface area contributed by atoms with E-state index in [1.54, 1.807) is 0 Å². The van der Waals surface area contributed by atoms with Crippen LogP contribution < -0.4 is 5.32 Å². The van der Waals surface area contributed by atoms with Crippen LogP contribution >= 0.6 is 11.8 Å². The van der Waals surface area contributed by atoms with E-state index in [1.807, 2.05) is 24.3 Å². The number of thioether (sulfide) groups is 1. The summed E-state index contributed by atoms with van der Waals surface area (Å²) in [7, 11) is 1.40. The molecule has 0 atom stereocenters. The molecular weight excluding hydrogens is 272 g/mol. The number of esters is 1. The first-order valence-corrected chi connectivity index (χ1v) is 7.52. The molecule has 0 saturated heterocycles. The zero-order valence-electron chi connectivity index (χ0n) is 11.7. The summed E-state index contributed by atoms with van der Waals surface area (Å²) in [6.45, 7) is 3.71. The van der Waals surface area contributed by atoms with Gasteiger partial charge in [-0.3, -0.25) is 4.79 Å². The minimum Gasteiger partial charge on any atom is -0.468 e. The fraction of sp³-hybridized carbons (Fsp3) is 0.333. The molecule has 0 aliphatic carbocycles. The summed E-state index contributed by atoms with van der Waals surface area (Å²) in [5, 5.41) is 5.30. The number of nitrogens with one attached hydrogen (secondary N) is 1. The first-order chi connectivity index (χ1) is 9.74. The summed E-state index contributed by atoms with van der Waals surface area (Å²) >= 11 is 1.42. The van der Waals surface area contributed by atoms with E-state index in [0.29, 0.717) is 0 Å². The zero-order chi connectivity index (χ0) is 14.4. The number of rotatable bonds is 6. The van der Waals surface area contributed by atoms with Gasteiger partial charge < -0.3 is 10.1 Å². The van der Waals surface area contributed by atoms with Crippen molar-refractivity contribution in [2.45, 2.75) is 18.5 Å². The molecule has 0 fully saturated rings. The van der Waals surface area contributed by atoms with E-state index in [2.05, 4.69) is 28.0 Å². The van der Waals surface area contributed by atoms with Crippen LogP contribution in [0.15, 0.2) is 35.4 Å². The number of methoxy groups -OCH3 is 1. The second-order valence-corrected chi connectivity index (χ2v) is 5.25. The van der Waals surface area contributed by atoms with Crippen molar-refractivity contribution in [2.24, 2.45) is 0 Å². The Morgan fingerprint density at radius 3 is 2.95 bits per heavy atom. The minimum atomic E-state index is -0.237. The van der Waals surface area contributed by atoms with E-state index in [1.165, 1.54) is 18.9 Å². The fourth-order valence-electron chi connectivity index (χ4n) is 1.84. The molecule has 1 aromatic heterocycles. The largest absolute Gasteiger partial charge is 0.468 e. The number of hydrogen-bond donors (Lipinski definition) is 1. The van der Waals surface area contributed by atoms with Gasteiger partial charge in [0.05, 0.1) is 18.4 Å². The summed E-state index contributed by atoms with van der Waals surface area (Å²) in [5.74, 6) is 0.0420. The van der Waals surface area contributed by atoms with Crippen LogP contribution in [0.3, 0.4) is 0 Å². The zero-order valence-corrected chi connectivity index (χ0v) is 12.5. The summed E-state index contributed by atoms with van der Waals surface area (Å²) < 4.78 is 4.68. The monoisotopic (exact) mass is 290 g/mol. The molecule has 0 aliphatic heterocycles. The van der Waals surface area contributed by atoms with Crippen LogP contribution in [0.5, 0.6) is 0 Å². The molecule has 5 heteroatoms. The number of nitrogens with zero attached hydrogens (tertiary/aromatic N) is 1. The summed E-state index contributed by atoms with van der Waals surface area (Å²) in [4.78, 5) is 15.9. The first kappa shape index (κ1) is 14.8. The molecule has 1 aromatic carbocycles. The van der Waals surface area contributed by atoms with Crippen molar-refractivity contribution in [2.75, 3.05) is 19.4 Å². The Kier molecular flexibility index (Phi) is 5.38. The number of ether oxygens (including phenoxy) is 1. The average Bonchev–Trinajstić information content (AvgIpc) is 2.49. The molecule has 0 spiro atoms. The third-order valence-corrected chi connectivity index (χ3v) is 3.89. The number of aromatic nitrogens is 1. The van der Waals surface area contributed by atoms with E-state index >= 15 is 0 Å². The van der Waals surface area contributed by atoms with Crippen molar-refractivity contribution < 1.29 is 9.53 Å². The van der Waals surface area contributed by atoms with Crippen LogP contribution in [-0.4, -0.2) is 30.4 Å². The Morgan fingerprint density at radius 1 is 1.40 bits per heavy atom. The molecular formula is C15H18N2O2S. The maximum absolute atomic E-state index is 11.3. The highest BCUT2D eigenvalue weighted by Crippen LogP contribution is 2.25. The van der Waals surface area contributed by atoms with Gasteiger partial charge in [-0.1, -0.05) is 36.9 Å². The Labute approximate surface area is 122 Å². The quantitative estimate of drug-likeness (QED) is 0.654. The van der Waals surface area contributed by atoms with Crippen LogP contribution in [-0.2, 0) is 16.1 Å². The lowest BCUT2D eigenvalue weighted by molar-refractivity contribution is -0.137. The van der Waals surface area contributed by atoms with Crippen LogP contribution in [0, 0.1) is 0 Å². The molecule has 106 valence electrons. The second-order valence-electron chi connectivity index (χ2n) is 4.29. The topological polar surface area (TPSA) is 51.2 Å². The van der Waals surface area contributed by atoms with E-state index in [0.717, 1.165) is 34.6 Å². The molecule has 0 saturated carbocycles. The van der Waals surface area contributed by atoms with Crippen LogP contribution in [0.25, 0.3) is 10.9 Å². The fourth-order valence-corrected chi connectivity index (χ4v) is 2.69. The Hall–Kier alpha value is -1.59. The lowest BCUT2D eigenvalue weighted by Crippen LogP contribution is -2.13. The molecule has 0 amide bonds. The number of benzene rings is 1. The van der Waals surface area contributed by atoms with Gasteiger partial charge in [0, 0.05) is 11.9 Å². The van der Waals surface area contributed by atoms with Crippen molar-refractivity contribution in [3.8, 4) is 0 Å². The number of fused-ring (bicyclic) bond motifs is 1.